The van der Waals surface area contributed by atoms with Gasteiger partial charge in [0.15, 0.2) is 6.10 Å². The van der Waals surface area contributed by atoms with Gasteiger partial charge in [-0.15, -0.1) is 0 Å². The number of amides is 1. The van der Waals surface area contributed by atoms with E-state index in [1.165, 1.54) is 25.3 Å². The van der Waals surface area contributed by atoms with Gasteiger partial charge in [0.05, 0.1) is 17.7 Å². The minimum Gasteiger partial charge on any atom is -0.495 e. The van der Waals surface area contributed by atoms with Crippen LogP contribution >= 0.6 is 0 Å². The zero-order chi connectivity index (χ0) is 19.3. The summed E-state index contributed by atoms with van der Waals surface area (Å²) in [6.07, 6.45) is -0.793. The molecule has 7 heteroatoms. The Kier molecular flexibility index (Phi) is 6.16. The number of nitrogens with one attached hydrogen (secondary N) is 1. The van der Waals surface area contributed by atoms with E-state index < -0.39 is 16.9 Å². The highest BCUT2D eigenvalue weighted by atomic mass is 16.6. The van der Waals surface area contributed by atoms with Crippen molar-refractivity contribution in [2.24, 2.45) is 0 Å². The number of non-ortho nitro benzene ring substituents is 1. The first kappa shape index (κ1) is 19.2. The van der Waals surface area contributed by atoms with Gasteiger partial charge in [0, 0.05) is 12.1 Å². The van der Waals surface area contributed by atoms with E-state index in [0.717, 1.165) is 5.56 Å². The first-order valence-electron chi connectivity index (χ1n) is 8.22. The summed E-state index contributed by atoms with van der Waals surface area (Å²) < 4.78 is 11.0. The average molecular weight is 358 g/mol. The van der Waals surface area contributed by atoms with Crippen molar-refractivity contribution in [1.29, 1.82) is 0 Å². The zero-order valence-corrected chi connectivity index (χ0v) is 15.2. The van der Waals surface area contributed by atoms with Crippen LogP contribution in [0.1, 0.15) is 32.3 Å². The van der Waals surface area contributed by atoms with Crippen LogP contribution in [0.4, 0.5) is 11.4 Å². The number of nitro benzene ring substituents is 1. The van der Waals surface area contributed by atoms with Crippen LogP contribution in [0.15, 0.2) is 42.5 Å². The van der Waals surface area contributed by atoms with Crippen LogP contribution in [0.3, 0.4) is 0 Å². The van der Waals surface area contributed by atoms with Crippen molar-refractivity contribution in [3.05, 3.63) is 58.1 Å². The predicted molar refractivity (Wildman–Crippen MR) is 98.9 cm³/mol. The van der Waals surface area contributed by atoms with Crippen molar-refractivity contribution in [2.75, 3.05) is 12.4 Å². The highest BCUT2D eigenvalue weighted by Crippen LogP contribution is 2.30. The number of rotatable bonds is 7. The smallest absolute Gasteiger partial charge is 0.271 e. The zero-order valence-electron chi connectivity index (χ0n) is 15.2. The summed E-state index contributed by atoms with van der Waals surface area (Å²) in [5.41, 5.74) is 1.08. The molecule has 0 fully saturated rings. The maximum atomic E-state index is 12.5. The molecule has 0 saturated carbocycles. The van der Waals surface area contributed by atoms with Gasteiger partial charge in [0.2, 0.25) is 0 Å². The van der Waals surface area contributed by atoms with Crippen LogP contribution in [-0.4, -0.2) is 24.0 Å². The molecule has 0 radical (unpaired) electrons. The molecule has 7 nitrogen and oxygen atoms in total. The summed E-state index contributed by atoms with van der Waals surface area (Å²) in [4.78, 5) is 22.9. The molecule has 0 unspecified atom stereocenters. The standard InChI is InChI=1S/C19H22N2O5/c1-12(2)15-7-5-6-8-17(15)26-13(3)19(22)20-16-11-14(21(23)24)9-10-18(16)25-4/h5-13H,1-4H3,(H,20,22)/t13-/m0/s1. The van der Waals surface area contributed by atoms with Crippen LogP contribution in [0.2, 0.25) is 0 Å². The Morgan fingerprint density at radius 3 is 2.42 bits per heavy atom. The molecule has 0 aliphatic carbocycles. The fourth-order valence-electron chi connectivity index (χ4n) is 2.45. The van der Waals surface area contributed by atoms with Gasteiger partial charge in [0.25, 0.3) is 11.6 Å². The van der Waals surface area contributed by atoms with E-state index in [-0.39, 0.29) is 17.3 Å². The Balaban J connectivity index is 2.17. The molecule has 0 aromatic heterocycles. The van der Waals surface area contributed by atoms with Crippen molar-refractivity contribution >= 4 is 17.3 Å². The average Bonchev–Trinajstić information content (AvgIpc) is 2.61. The fourth-order valence-corrected chi connectivity index (χ4v) is 2.45. The molecule has 1 N–H and O–H groups in total. The van der Waals surface area contributed by atoms with Gasteiger partial charge in [-0.3, -0.25) is 14.9 Å². The van der Waals surface area contributed by atoms with Gasteiger partial charge in [-0.2, -0.15) is 0 Å². The first-order valence-corrected chi connectivity index (χ1v) is 8.22. The number of nitro groups is 1. The Labute approximate surface area is 152 Å². The van der Waals surface area contributed by atoms with Crippen molar-refractivity contribution in [3.8, 4) is 11.5 Å². The summed E-state index contributed by atoms with van der Waals surface area (Å²) in [6.45, 7) is 5.71. The van der Waals surface area contributed by atoms with E-state index in [1.807, 2.05) is 38.1 Å². The van der Waals surface area contributed by atoms with Crippen molar-refractivity contribution in [1.82, 2.24) is 0 Å². The summed E-state index contributed by atoms with van der Waals surface area (Å²) >= 11 is 0. The lowest BCUT2D eigenvalue weighted by molar-refractivity contribution is -0.384. The lowest BCUT2D eigenvalue weighted by Crippen LogP contribution is -2.30. The quantitative estimate of drug-likeness (QED) is 0.593. The molecule has 0 saturated heterocycles. The monoisotopic (exact) mass is 358 g/mol. The molecule has 0 heterocycles. The van der Waals surface area contributed by atoms with E-state index in [4.69, 9.17) is 9.47 Å². The van der Waals surface area contributed by atoms with Gasteiger partial charge in [-0.05, 0) is 30.5 Å². The fraction of sp³-hybridized carbons (Fsp3) is 0.316. The number of hydrogen-bond acceptors (Lipinski definition) is 5. The second-order valence-electron chi connectivity index (χ2n) is 6.08. The number of methoxy groups -OCH3 is 1. The topological polar surface area (TPSA) is 90.7 Å². The molecule has 1 amide bonds. The number of para-hydroxylation sites is 1. The molecule has 2 aromatic rings. The van der Waals surface area contributed by atoms with E-state index in [0.29, 0.717) is 11.5 Å². The van der Waals surface area contributed by atoms with Gasteiger partial charge in [-0.1, -0.05) is 32.0 Å². The van der Waals surface area contributed by atoms with Crippen LogP contribution in [0.5, 0.6) is 11.5 Å². The normalized spacial score (nSPS) is 11.7. The van der Waals surface area contributed by atoms with E-state index in [2.05, 4.69) is 5.32 Å². The van der Waals surface area contributed by atoms with Crippen LogP contribution in [0.25, 0.3) is 0 Å². The molecule has 138 valence electrons. The van der Waals surface area contributed by atoms with Crippen molar-refractivity contribution < 1.29 is 19.2 Å². The summed E-state index contributed by atoms with van der Waals surface area (Å²) in [5.74, 6) is 0.788. The molecular weight excluding hydrogens is 336 g/mol. The Hall–Kier alpha value is -3.09. The minimum absolute atomic E-state index is 0.139. The second-order valence-corrected chi connectivity index (χ2v) is 6.08. The Morgan fingerprint density at radius 1 is 1.12 bits per heavy atom. The third kappa shape index (κ3) is 4.50. The third-order valence-electron chi connectivity index (χ3n) is 3.87. The van der Waals surface area contributed by atoms with E-state index in [1.54, 1.807) is 6.92 Å². The molecule has 0 aliphatic rings. The number of anilines is 1. The summed E-state index contributed by atoms with van der Waals surface area (Å²) in [5, 5.41) is 13.6. The van der Waals surface area contributed by atoms with Gasteiger partial charge in [0.1, 0.15) is 11.5 Å². The molecule has 26 heavy (non-hydrogen) atoms. The highest BCUT2D eigenvalue weighted by molar-refractivity contribution is 5.95. The lowest BCUT2D eigenvalue weighted by Gasteiger charge is -2.19. The number of carbonyl (C=O) groups excluding carboxylic acids is 1. The maximum absolute atomic E-state index is 12.5. The predicted octanol–water partition coefficient (Wildman–Crippen LogP) is 4.13. The maximum Gasteiger partial charge on any atom is 0.271 e. The van der Waals surface area contributed by atoms with E-state index >= 15 is 0 Å². The Morgan fingerprint density at radius 2 is 1.81 bits per heavy atom. The number of hydrogen-bond donors (Lipinski definition) is 1. The molecule has 0 aliphatic heterocycles. The minimum atomic E-state index is -0.793. The molecule has 2 rings (SSSR count). The van der Waals surface area contributed by atoms with E-state index in [9.17, 15) is 14.9 Å². The van der Waals surface area contributed by atoms with Crippen LogP contribution in [-0.2, 0) is 4.79 Å². The highest BCUT2D eigenvalue weighted by Gasteiger charge is 2.20. The number of nitrogens with zero attached hydrogens (tertiary/aromatic N) is 1. The van der Waals surface area contributed by atoms with Gasteiger partial charge in [-0.25, -0.2) is 0 Å². The summed E-state index contributed by atoms with van der Waals surface area (Å²) in [7, 11) is 1.43. The molecule has 1 atom stereocenters. The second kappa shape index (κ2) is 8.33. The SMILES string of the molecule is COc1ccc([N+](=O)[O-])cc1NC(=O)[C@H](C)Oc1ccccc1C(C)C. The van der Waals surface area contributed by atoms with Crippen molar-refractivity contribution in [2.45, 2.75) is 32.8 Å². The van der Waals surface area contributed by atoms with Crippen LogP contribution in [0, 0.1) is 10.1 Å². The largest absolute Gasteiger partial charge is 0.495 e. The molecule has 0 bridgehead atoms. The number of carbonyl (C=O) groups is 1. The Bertz CT molecular complexity index is 804. The molecule has 0 spiro atoms. The van der Waals surface area contributed by atoms with Gasteiger partial charge >= 0.3 is 0 Å². The lowest BCUT2D eigenvalue weighted by atomic mass is 10.0. The molecule has 2 aromatic carbocycles. The first-order chi connectivity index (χ1) is 12.3. The third-order valence-corrected chi connectivity index (χ3v) is 3.87. The number of ether oxygens (including phenoxy) is 2. The number of benzene rings is 2. The van der Waals surface area contributed by atoms with Gasteiger partial charge < -0.3 is 14.8 Å². The summed E-state index contributed by atoms with van der Waals surface area (Å²) in [6, 6.07) is 11.5. The molecular formula is C19H22N2O5. The van der Waals surface area contributed by atoms with Crippen molar-refractivity contribution in [3.63, 3.8) is 0 Å². The van der Waals surface area contributed by atoms with Crippen LogP contribution < -0.4 is 14.8 Å².